The predicted molar refractivity (Wildman–Crippen MR) is 378 cm³/mol. The highest BCUT2D eigenvalue weighted by atomic mass is 31.2. The average molecular weight is 1240 g/mol. The summed E-state index contributed by atoms with van der Waals surface area (Å²) in [6, 6.07) is -0.855. The van der Waals surface area contributed by atoms with Crippen LogP contribution < -0.4 is 5.32 Å². The van der Waals surface area contributed by atoms with Gasteiger partial charge >= 0.3 is 13.8 Å². The Morgan fingerprint density at radius 1 is 0.402 bits per heavy atom. The molecule has 3 unspecified atom stereocenters. The number of unbranched alkanes of at least 4 members (excludes halogenated alkanes) is 45. The van der Waals surface area contributed by atoms with E-state index in [4.69, 9.17) is 13.8 Å². The summed E-state index contributed by atoms with van der Waals surface area (Å²) in [5.41, 5.74) is 0. The molecule has 2 N–H and O–H groups in total. The fraction of sp³-hybridized carbons (Fsp3) is 0.844. The summed E-state index contributed by atoms with van der Waals surface area (Å²) in [5, 5.41) is 3.07. The maximum absolute atomic E-state index is 13.6. The number of likely N-dealkylation sites (N-methyl/N-ethyl adjacent to an activating group) is 1. The van der Waals surface area contributed by atoms with Crippen LogP contribution in [-0.4, -0.2) is 74.3 Å². The van der Waals surface area contributed by atoms with E-state index in [1.165, 1.54) is 244 Å². The molecule has 0 aromatic heterocycles. The normalized spacial score (nSPS) is 13.8. The number of nitrogens with one attached hydrogen (secondary N) is 1. The van der Waals surface area contributed by atoms with Crippen molar-refractivity contribution in [3.05, 3.63) is 60.8 Å². The molecule has 0 rings (SSSR count). The van der Waals surface area contributed by atoms with E-state index in [2.05, 4.69) is 74.7 Å². The number of carbonyl (C=O) groups is 2. The Bertz CT molecular complexity index is 1670. The van der Waals surface area contributed by atoms with Gasteiger partial charge in [-0.15, -0.1) is 0 Å². The number of quaternary nitrogens is 1. The van der Waals surface area contributed by atoms with E-state index in [1.54, 1.807) is 0 Å². The number of phosphoric ester groups is 1. The van der Waals surface area contributed by atoms with E-state index in [9.17, 15) is 19.0 Å². The largest absolute Gasteiger partial charge is 0.472 e. The zero-order valence-corrected chi connectivity index (χ0v) is 59.4. The molecule has 0 aliphatic carbocycles. The molecular weight excluding hydrogens is 1100 g/mol. The van der Waals surface area contributed by atoms with Crippen molar-refractivity contribution in [1.82, 2.24) is 5.32 Å². The Morgan fingerprint density at radius 2 is 0.701 bits per heavy atom. The maximum atomic E-state index is 13.6. The lowest BCUT2D eigenvalue weighted by Crippen LogP contribution is -2.47. The number of nitrogens with zero attached hydrogens (tertiary/aromatic N) is 1. The summed E-state index contributed by atoms with van der Waals surface area (Å²) < 4.78 is 30.8. The molecule has 3 atom stereocenters. The molecule has 87 heavy (non-hydrogen) atoms. The Hall–Kier alpha value is -2.29. The van der Waals surface area contributed by atoms with E-state index in [1.807, 2.05) is 33.3 Å². The van der Waals surface area contributed by atoms with Crippen LogP contribution in [0.3, 0.4) is 0 Å². The summed E-state index contributed by atoms with van der Waals surface area (Å²) in [6.45, 7) is 7.02. The summed E-state index contributed by atoms with van der Waals surface area (Å²) in [7, 11) is 1.50. The minimum absolute atomic E-state index is 0.0381. The van der Waals surface area contributed by atoms with E-state index in [-0.39, 0.29) is 25.1 Å². The van der Waals surface area contributed by atoms with Gasteiger partial charge in [-0.2, -0.15) is 0 Å². The van der Waals surface area contributed by atoms with Gasteiger partial charge in [-0.25, -0.2) is 4.57 Å². The van der Waals surface area contributed by atoms with E-state index < -0.39 is 20.0 Å². The number of ether oxygens (including phenoxy) is 1. The smallest absolute Gasteiger partial charge is 0.456 e. The predicted octanol–water partition coefficient (Wildman–Crippen LogP) is 24.1. The first-order valence-electron chi connectivity index (χ1n) is 37.6. The fourth-order valence-electron chi connectivity index (χ4n) is 11.2. The number of phosphoric acid groups is 1. The topological polar surface area (TPSA) is 111 Å². The lowest BCUT2D eigenvalue weighted by atomic mass is 10.0. The molecule has 9 nitrogen and oxygen atoms in total. The first kappa shape index (κ1) is 84.7. The molecule has 0 aliphatic heterocycles. The Morgan fingerprint density at radius 3 is 1.07 bits per heavy atom. The Kier molecular flexibility index (Phi) is 64.9. The highest BCUT2D eigenvalue weighted by Gasteiger charge is 2.30. The van der Waals surface area contributed by atoms with E-state index >= 15 is 0 Å². The summed E-state index contributed by atoms with van der Waals surface area (Å²) in [6.07, 6.45) is 86.8. The minimum Gasteiger partial charge on any atom is -0.456 e. The van der Waals surface area contributed by atoms with Gasteiger partial charge in [-0.1, -0.05) is 339 Å². The molecule has 0 fully saturated rings. The number of esters is 1. The molecule has 510 valence electrons. The standard InChI is InChI=1S/C77H145N2O7P/c1-7-10-13-16-19-22-25-27-29-31-33-35-37-38-39-40-42-44-46-48-50-52-55-58-61-64-67-70-77(81)86-75(68-65-62-59-56-53-24-21-18-15-12-9-3)74(73-85-87(82,83)84-72-71-79(4,5)6)78-76(80)69-66-63-60-57-54-51-49-47-45-43-41-36-34-32-30-28-26-23-20-17-14-11-8-2/h20,23,28,30,34,36,43,45,65,68,74-75H,7-19,21-22,24-27,29,31-33,35,37-42,44,46-64,66-67,69-73H2,1-6H3,(H-,78,80,82,83)/p+1/b23-20-,30-28-,36-34-,45-43-,68-65+. The van der Waals surface area contributed by atoms with E-state index in [0.717, 1.165) is 89.9 Å². The second kappa shape index (κ2) is 66.6. The van der Waals surface area contributed by atoms with Gasteiger partial charge in [0.05, 0.1) is 33.8 Å². The highest BCUT2D eigenvalue weighted by molar-refractivity contribution is 7.47. The van der Waals surface area contributed by atoms with Crippen LogP contribution in [0, 0.1) is 0 Å². The molecule has 0 bridgehead atoms. The molecule has 0 aromatic rings. The average Bonchev–Trinajstić information content (AvgIpc) is 3.70. The fourth-order valence-corrected chi connectivity index (χ4v) is 11.9. The summed E-state index contributed by atoms with van der Waals surface area (Å²) in [4.78, 5) is 37.9. The zero-order valence-electron chi connectivity index (χ0n) is 58.5. The Labute approximate surface area is 541 Å². The lowest BCUT2D eigenvalue weighted by molar-refractivity contribution is -0.870. The third kappa shape index (κ3) is 67.9. The van der Waals surface area contributed by atoms with Crippen LogP contribution in [-0.2, 0) is 27.9 Å². The summed E-state index contributed by atoms with van der Waals surface area (Å²) >= 11 is 0. The van der Waals surface area contributed by atoms with Crippen LogP contribution in [0.5, 0.6) is 0 Å². The minimum atomic E-state index is -4.46. The lowest BCUT2D eigenvalue weighted by Gasteiger charge is -2.27. The van der Waals surface area contributed by atoms with Crippen molar-refractivity contribution in [1.29, 1.82) is 0 Å². The van der Waals surface area contributed by atoms with Gasteiger partial charge in [-0.3, -0.25) is 18.6 Å². The highest BCUT2D eigenvalue weighted by Crippen LogP contribution is 2.43. The second-order valence-electron chi connectivity index (χ2n) is 26.8. The van der Waals surface area contributed by atoms with Crippen molar-refractivity contribution in [3.63, 3.8) is 0 Å². The molecule has 0 spiro atoms. The third-order valence-corrected chi connectivity index (χ3v) is 17.9. The second-order valence-corrected chi connectivity index (χ2v) is 28.3. The maximum Gasteiger partial charge on any atom is 0.472 e. The van der Waals surface area contributed by atoms with E-state index in [0.29, 0.717) is 23.9 Å². The number of carbonyl (C=O) groups excluding carboxylic acids is 2. The van der Waals surface area contributed by atoms with Gasteiger partial charge < -0.3 is 19.4 Å². The van der Waals surface area contributed by atoms with Crippen molar-refractivity contribution in [2.45, 2.75) is 380 Å². The van der Waals surface area contributed by atoms with Crippen LogP contribution >= 0.6 is 7.82 Å². The van der Waals surface area contributed by atoms with Gasteiger partial charge in [0, 0.05) is 12.8 Å². The molecule has 0 heterocycles. The molecule has 10 heteroatoms. The van der Waals surface area contributed by atoms with Crippen molar-refractivity contribution in [2.75, 3.05) is 40.9 Å². The van der Waals surface area contributed by atoms with Gasteiger partial charge in [0.2, 0.25) is 5.91 Å². The van der Waals surface area contributed by atoms with Gasteiger partial charge in [0.15, 0.2) is 0 Å². The first-order valence-corrected chi connectivity index (χ1v) is 39.1. The molecular formula is C77H146N2O7P+. The van der Waals surface area contributed by atoms with Crippen LogP contribution in [0.1, 0.15) is 367 Å². The molecule has 0 aliphatic rings. The third-order valence-electron chi connectivity index (χ3n) is 17.0. The monoisotopic (exact) mass is 1240 g/mol. The number of hydrogen-bond acceptors (Lipinski definition) is 6. The molecule has 1 amide bonds. The SMILES string of the molecule is CCCCC/C=C\C/C=C\C/C=C\C/C=C\CCCCCCCCCC(=O)NC(COP(=O)(O)OCC[N+](C)(C)C)C(/C=C/CCCCCCCCCCC)OC(=O)CCCCCCCCCCCCCCCCCCCCCCCCCCCCC. The summed E-state index contributed by atoms with van der Waals surface area (Å²) in [5.74, 6) is -0.502. The van der Waals surface area contributed by atoms with Crippen LogP contribution in [0.15, 0.2) is 60.8 Å². The molecule has 0 saturated carbocycles. The van der Waals surface area contributed by atoms with Crippen LogP contribution in [0.4, 0.5) is 0 Å². The quantitative estimate of drug-likeness (QED) is 0.0205. The van der Waals surface area contributed by atoms with Gasteiger partial charge in [0.1, 0.15) is 19.3 Å². The Balaban J connectivity index is 4.95. The number of amides is 1. The van der Waals surface area contributed by atoms with Crippen molar-refractivity contribution in [2.24, 2.45) is 0 Å². The number of hydrogen-bond donors (Lipinski definition) is 2. The molecule has 0 aromatic carbocycles. The van der Waals surface area contributed by atoms with Crippen LogP contribution in [0.25, 0.3) is 0 Å². The number of rotatable bonds is 69. The molecule has 0 saturated heterocycles. The van der Waals surface area contributed by atoms with Crippen molar-refractivity contribution in [3.8, 4) is 0 Å². The number of allylic oxidation sites excluding steroid dienone is 9. The van der Waals surface area contributed by atoms with Crippen molar-refractivity contribution < 1.29 is 37.3 Å². The first-order chi connectivity index (χ1) is 42.4. The van der Waals surface area contributed by atoms with Gasteiger partial charge in [-0.05, 0) is 76.7 Å². The molecule has 0 radical (unpaired) electrons. The van der Waals surface area contributed by atoms with Crippen LogP contribution in [0.2, 0.25) is 0 Å². The van der Waals surface area contributed by atoms with Gasteiger partial charge in [0.25, 0.3) is 0 Å². The van der Waals surface area contributed by atoms with Crippen molar-refractivity contribution >= 4 is 19.7 Å². The zero-order chi connectivity index (χ0) is 63.5.